The monoisotopic (exact) mass is 323 g/mol. The van der Waals surface area contributed by atoms with Gasteiger partial charge in [0.05, 0.1) is 6.10 Å². The van der Waals surface area contributed by atoms with Crippen LogP contribution in [0, 0.1) is 5.92 Å². The highest BCUT2D eigenvalue weighted by atomic mass is 79.9. The molecule has 1 aromatic carbocycles. The quantitative estimate of drug-likeness (QED) is 0.837. The molecule has 0 aliphatic heterocycles. The molecule has 0 saturated heterocycles. The topological polar surface area (TPSA) is 49.3 Å². The molecular formula is C15H18BrNO2. The molecule has 0 bridgehead atoms. The largest absolute Gasteiger partial charge is 0.393 e. The molecule has 19 heavy (non-hydrogen) atoms. The van der Waals surface area contributed by atoms with Gasteiger partial charge in [-0.15, -0.1) is 0 Å². The molecule has 1 aliphatic carbocycles. The predicted molar refractivity (Wildman–Crippen MR) is 79.5 cm³/mol. The van der Waals surface area contributed by atoms with Crippen molar-refractivity contribution in [2.24, 2.45) is 5.92 Å². The second-order valence-electron chi connectivity index (χ2n) is 4.96. The van der Waals surface area contributed by atoms with Gasteiger partial charge in [0.15, 0.2) is 0 Å². The summed E-state index contributed by atoms with van der Waals surface area (Å²) in [6.45, 7) is 0.653. The molecule has 2 unspecified atom stereocenters. The summed E-state index contributed by atoms with van der Waals surface area (Å²) in [6, 6.07) is 7.78. The first-order chi connectivity index (χ1) is 9.13. The number of carbonyl (C=O) groups excluding carboxylic acids is 1. The third-order valence-corrected chi connectivity index (χ3v) is 3.90. The molecule has 1 aromatic rings. The Morgan fingerprint density at radius 1 is 1.37 bits per heavy atom. The van der Waals surface area contributed by atoms with E-state index in [0.717, 1.165) is 29.3 Å². The molecule has 2 N–H and O–H groups in total. The molecule has 1 saturated carbocycles. The average molecular weight is 324 g/mol. The first kappa shape index (κ1) is 14.3. The molecule has 0 aromatic heterocycles. The normalized spacial score (nSPS) is 22.8. The van der Waals surface area contributed by atoms with E-state index in [9.17, 15) is 9.90 Å². The smallest absolute Gasteiger partial charge is 0.244 e. The van der Waals surface area contributed by atoms with Crippen molar-refractivity contribution in [3.8, 4) is 0 Å². The van der Waals surface area contributed by atoms with Crippen molar-refractivity contribution >= 4 is 27.9 Å². The van der Waals surface area contributed by atoms with Gasteiger partial charge in [-0.25, -0.2) is 0 Å². The van der Waals surface area contributed by atoms with Gasteiger partial charge in [0.2, 0.25) is 5.91 Å². The maximum atomic E-state index is 11.7. The number of hydrogen-bond donors (Lipinski definition) is 2. The Labute approximate surface area is 121 Å². The van der Waals surface area contributed by atoms with Crippen LogP contribution < -0.4 is 5.32 Å². The highest BCUT2D eigenvalue weighted by Gasteiger charge is 2.22. The Balaban J connectivity index is 1.76. The minimum absolute atomic E-state index is 0.0793. The SMILES string of the molecule is O=C(/C=C/c1ccc(Br)cc1)NCC1CCC(O)C1. The summed E-state index contributed by atoms with van der Waals surface area (Å²) < 4.78 is 1.02. The Kier molecular flexibility index (Phi) is 5.16. The second-order valence-corrected chi connectivity index (χ2v) is 5.88. The molecule has 1 fully saturated rings. The van der Waals surface area contributed by atoms with E-state index in [2.05, 4.69) is 21.2 Å². The van der Waals surface area contributed by atoms with Crippen molar-refractivity contribution in [1.29, 1.82) is 0 Å². The molecule has 0 radical (unpaired) electrons. The van der Waals surface area contributed by atoms with Crippen LogP contribution in [0.4, 0.5) is 0 Å². The van der Waals surface area contributed by atoms with Crippen molar-refractivity contribution in [3.63, 3.8) is 0 Å². The number of halogens is 1. The first-order valence-corrected chi connectivity index (χ1v) is 7.32. The van der Waals surface area contributed by atoms with Crippen molar-refractivity contribution < 1.29 is 9.90 Å². The average Bonchev–Trinajstić information content (AvgIpc) is 2.81. The number of rotatable bonds is 4. The third kappa shape index (κ3) is 4.80. The molecule has 102 valence electrons. The van der Waals surface area contributed by atoms with Gasteiger partial charge in [0.25, 0.3) is 0 Å². The Morgan fingerprint density at radius 3 is 2.74 bits per heavy atom. The van der Waals surface area contributed by atoms with E-state index in [-0.39, 0.29) is 12.0 Å². The minimum Gasteiger partial charge on any atom is -0.393 e. The van der Waals surface area contributed by atoms with Crippen LogP contribution in [0.25, 0.3) is 6.08 Å². The maximum absolute atomic E-state index is 11.7. The van der Waals surface area contributed by atoms with Crippen LogP contribution in [0.3, 0.4) is 0 Å². The Bertz CT molecular complexity index is 456. The van der Waals surface area contributed by atoms with Gasteiger partial charge in [0.1, 0.15) is 0 Å². The number of aliphatic hydroxyl groups excluding tert-OH is 1. The van der Waals surface area contributed by atoms with Crippen molar-refractivity contribution in [2.75, 3.05) is 6.54 Å². The number of hydrogen-bond acceptors (Lipinski definition) is 2. The summed E-state index contributed by atoms with van der Waals surface area (Å²) in [5.74, 6) is 0.337. The van der Waals surface area contributed by atoms with E-state index in [1.807, 2.05) is 24.3 Å². The van der Waals surface area contributed by atoms with Gasteiger partial charge >= 0.3 is 0 Å². The van der Waals surface area contributed by atoms with Gasteiger partial charge in [-0.2, -0.15) is 0 Å². The van der Waals surface area contributed by atoms with E-state index in [1.165, 1.54) is 0 Å². The first-order valence-electron chi connectivity index (χ1n) is 6.53. The Hall–Kier alpha value is -1.13. The molecule has 3 nitrogen and oxygen atoms in total. The van der Waals surface area contributed by atoms with Gasteiger partial charge < -0.3 is 10.4 Å². The van der Waals surface area contributed by atoms with Crippen LogP contribution in [0.1, 0.15) is 24.8 Å². The molecule has 0 spiro atoms. The van der Waals surface area contributed by atoms with E-state index >= 15 is 0 Å². The summed E-state index contributed by atoms with van der Waals surface area (Å²) >= 11 is 3.37. The van der Waals surface area contributed by atoms with E-state index in [1.54, 1.807) is 12.2 Å². The Morgan fingerprint density at radius 2 is 2.11 bits per heavy atom. The van der Waals surface area contributed by atoms with Crippen LogP contribution in [0.2, 0.25) is 0 Å². The predicted octanol–water partition coefficient (Wildman–Crippen LogP) is 2.74. The zero-order chi connectivity index (χ0) is 13.7. The second kappa shape index (κ2) is 6.87. The van der Waals surface area contributed by atoms with Gasteiger partial charge in [-0.1, -0.05) is 28.1 Å². The number of amides is 1. The maximum Gasteiger partial charge on any atom is 0.244 e. The number of benzene rings is 1. The molecular weight excluding hydrogens is 306 g/mol. The highest BCUT2D eigenvalue weighted by Crippen LogP contribution is 2.24. The fourth-order valence-electron chi connectivity index (χ4n) is 2.28. The van der Waals surface area contributed by atoms with Gasteiger partial charge in [-0.05, 0) is 49.0 Å². The number of aliphatic hydroxyl groups is 1. The molecule has 2 atom stereocenters. The van der Waals surface area contributed by atoms with Crippen LogP contribution in [-0.4, -0.2) is 23.7 Å². The van der Waals surface area contributed by atoms with Gasteiger partial charge in [-0.3, -0.25) is 4.79 Å². The van der Waals surface area contributed by atoms with Crippen LogP contribution in [0.15, 0.2) is 34.8 Å². The molecule has 4 heteroatoms. The third-order valence-electron chi connectivity index (χ3n) is 3.38. The molecule has 0 heterocycles. The van der Waals surface area contributed by atoms with Crippen LogP contribution >= 0.6 is 15.9 Å². The van der Waals surface area contributed by atoms with Crippen LogP contribution in [-0.2, 0) is 4.79 Å². The van der Waals surface area contributed by atoms with Crippen molar-refractivity contribution in [3.05, 3.63) is 40.4 Å². The molecule has 1 amide bonds. The van der Waals surface area contributed by atoms with E-state index in [4.69, 9.17) is 0 Å². The van der Waals surface area contributed by atoms with Crippen molar-refractivity contribution in [2.45, 2.75) is 25.4 Å². The summed E-state index contributed by atoms with van der Waals surface area (Å²) in [7, 11) is 0. The summed E-state index contributed by atoms with van der Waals surface area (Å²) in [5.41, 5.74) is 0.995. The number of nitrogens with one attached hydrogen (secondary N) is 1. The fraction of sp³-hybridized carbons (Fsp3) is 0.400. The zero-order valence-corrected chi connectivity index (χ0v) is 12.3. The highest BCUT2D eigenvalue weighted by molar-refractivity contribution is 9.10. The standard InChI is InChI=1S/C15H18BrNO2/c16-13-5-1-11(2-6-13)4-8-15(19)17-10-12-3-7-14(18)9-12/h1-2,4-6,8,12,14,18H,3,7,9-10H2,(H,17,19)/b8-4+. The number of carbonyl (C=O) groups is 1. The lowest BCUT2D eigenvalue weighted by Crippen LogP contribution is -2.26. The lowest BCUT2D eigenvalue weighted by atomic mass is 10.1. The molecule has 1 aliphatic rings. The zero-order valence-electron chi connectivity index (χ0n) is 10.7. The van der Waals surface area contributed by atoms with Crippen LogP contribution in [0.5, 0.6) is 0 Å². The summed E-state index contributed by atoms with van der Waals surface area (Å²) in [4.78, 5) is 11.7. The van der Waals surface area contributed by atoms with E-state index < -0.39 is 0 Å². The summed E-state index contributed by atoms with van der Waals surface area (Å²) in [6.07, 6.45) is 5.82. The lowest BCUT2D eigenvalue weighted by molar-refractivity contribution is -0.116. The summed E-state index contributed by atoms with van der Waals surface area (Å²) in [5, 5.41) is 12.3. The lowest BCUT2D eigenvalue weighted by Gasteiger charge is -2.09. The van der Waals surface area contributed by atoms with Crippen molar-refractivity contribution in [1.82, 2.24) is 5.32 Å². The van der Waals surface area contributed by atoms with E-state index in [0.29, 0.717) is 12.5 Å². The fourth-order valence-corrected chi connectivity index (χ4v) is 2.55. The minimum atomic E-state index is -0.180. The van der Waals surface area contributed by atoms with Gasteiger partial charge in [0, 0.05) is 17.1 Å². The molecule has 2 rings (SSSR count).